The SMILES string of the molecule is C=CN(C)C(CCCC)CC(=O)NC(=O)C1CCCN1c1ccc(F)c[n+]1[O-]. The molecule has 1 aromatic heterocycles. The molecule has 0 spiro atoms. The van der Waals surface area contributed by atoms with E-state index in [9.17, 15) is 19.2 Å². The van der Waals surface area contributed by atoms with Gasteiger partial charge in [0.2, 0.25) is 5.91 Å². The molecule has 1 fully saturated rings. The van der Waals surface area contributed by atoms with Gasteiger partial charge in [0, 0.05) is 32.0 Å². The second kappa shape index (κ2) is 10.1. The topological polar surface area (TPSA) is 79.6 Å². The number of halogens is 1. The minimum atomic E-state index is -0.640. The highest BCUT2D eigenvalue weighted by Crippen LogP contribution is 2.23. The second-order valence-electron chi connectivity index (χ2n) is 7.14. The monoisotopic (exact) mass is 392 g/mol. The van der Waals surface area contributed by atoms with Gasteiger partial charge in [0.25, 0.3) is 11.7 Å². The fraction of sp³-hybridized carbons (Fsp3) is 0.550. The van der Waals surface area contributed by atoms with Crippen LogP contribution in [0.2, 0.25) is 0 Å². The minimum absolute atomic E-state index is 0.0224. The molecule has 1 aromatic rings. The van der Waals surface area contributed by atoms with E-state index in [1.165, 1.54) is 12.1 Å². The van der Waals surface area contributed by atoms with Crippen LogP contribution in [0, 0.1) is 11.0 Å². The Bertz CT molecular complexity index is 713. The summed E-state index contributed by atoms with van der Waals surface area (Å²) in [6, 6.07) is 1.90. The van der Waals surface area contributed by atoms with E-state index in [0.717, 1.165) is 25.5 Å². The van der Waals surface area contributed by atoms with E-state index in [-0.39, 0.29) is 24.2 Å². The quantitative estimate of drug-likeness (QED) is 0.514. The van der Waals surface area contributed by atoms with E-state index < -0.39 is 17.8 Å². The van der Waals surface area contributed by atoms with Crippen LogP contribution in [0.15, 0.2) is 31.1 Å². The smallest absolute Gasteiger partial charge is 0.280 e. The molecule has 154 valence electrons. The average molecular weight is 392 g/mol. The van der Waals surface area contributed by atoms with Gasteiger partial charge < -0.3 is 10.1 Å². The maximum absolute atomic E-state index is 13.2. The summed E-state index contributed by atoms with van der Waals surface area (Å²) in [5, 5.41) is 14.5. The zero-order valence-electron chi connectivity index (χ0n) is 16.6. The van der Waals surface area contributed by atoms with Crippen LogP contribution in [-0.2, 0) is 9.59 Å². The van der Waals surface area contributed by atoms with Crippen molar-refractivity contribution >= 4 is 17.6 Å². The number of anilines is 1. The summed E-state index contributed by atoms with van der Waals surface area (Å²) in [7, 11) is 1.86. The minimum Gasteiger partial charge on any atom is -0.711 e. The largest absolute Gasteiger partial charge is 0.711 e. The Hall–Kier alpha value is -2.64. The molecule has 1 saturated heterocycles. The third kappa shape index (κ3) is 5.43. The number of carbonyl (C=O) groups excluding carboxylic acids is 2. The van der Waals surface area contributed by atoms with Crippen LogP contribution in [0.5, 0.6) is 0 Å². The zero-order valence-corrected chi connectivity index (χ0v) is 16.6. The number of aromatic nitrogens is 1. The Morgan fingerprint density at radius 2 is 2.29 bits per heavy atom. The Balaban J connectivity index is 2.01. The van der Waals surface area contributed by atoms with Gasteiger partial charge in [0.1, 0.15) is 6.20 Å². The fourth-order valence-electron chi connectivity index (χ4n) is 3.51. The normalized spacial score (nSPS) is 17.2. The molecule has 2 amide bonds. The lowest BCUT2D eigenvalue weighted by molar-refractivity contribution is -0.594. The lowest BCUT2D eigenvalue weighted by Crippen LogP contribution is -2.49. The second-order valence-corrected chi connectivity index (χ2v) is 7.14. The van der Waals surface area contributed by atoms with Crippen molar-refractivity contribution in [3.63, 3.8) is 0 Å². The Morgan fingerprint density at radius 3 is 2.93 bits per heavy atom. The zero-order chi connectivity index (χ0) is 20.7. The van der Waals surface area contributed by atoms with Crippen LogP contribution in [0.1, 0.15) is 45.4 Å². The number of unbranched alkanes of at least 4 members (excludes halogenated alkanes) is 1. The van der Waals surface area contributed by atoms with Gasteiger partial charge in [-0.2, -0.15) is 0 Å². The first-order chi connectivity index (χ1) is 13.4. The standard InChI is InChI=1S/C20H29FN4O3/c1-4-6-8-16(23(3)5-2)13-18(26)22-20(27)17-9-7-12-24(17)19-11-10-15(21)14-25(19)28/h5,10-11,14,16-17H,2,4,6-9,12-13H2,1,3H3,(H,22,26,27). The number of amides is 2. The summed E-state index contributed by atoms with van der Waals surface area (Å²) in [6.45, 7) is 6.32. The van der Waals surface area contributed by atoms with Gasteiger partial charge >= 0.3 is 0 Å². The molecule has 0 aliphatic carbocycles. The third-order valence-corrected chi connectivity index (χ3v) is 5.15. The van der Waals surface area contributed by atoms with Gasteiger partial charge in [0.15, 0.2) is 11.9 Å². The highest BCUT2D eigenvalue weighted by Gasteiger charge is 2.38. The van der Waals surface area contributed by atoms with Crippen molar-refractivity contribution in [1.29, 1.82) is 0 Å². The predicted molar refractivity (Wildman–Crippen MR) is 105 cm³/mol. The molecule has 7 nitrogen and oxygen atoms in total. The number of nitrogens with one attached hydrogen (secondary N) is 1. The number of pyridine rings is 1. The summed E-state index contributed by atoms with van der Waals surface area (Å²) < 4.78 is 13.6. The number of nitrogens with zero attached hydrogens (tertiary/aromatic N) is 3. The maximum Gasteiger partial charge on any atom is 0.280 e. The molecule has 28 heavy (non-hydrogen) atoms. The fourth-order valence-corrected chi connectivity index (χ4v) is 3.51. The van der Waals surface area contributed by atoms with E-state index in [0.29, 0.717) is 24.1 Å². The van der Waals surface area contributed by atoms with Crippen LogP contribution >= 0.6 is 0 Å². The summed E-state index contributed by atoms with van der Waals surface area (Å²) in [5.41, 5.74) is 0. The summed E-state index contributed by atoms with van der Waals surface area (Å²) >= 11 is 0. The summed E-state index contributed by atoms with van der Waals surface area (Å²) in [4.78, 5) is 28.6. The van der Waals surface area contributed by atoms with Crippen LogP contribution in [0.4, 0.5) is 10.2 Å². The third-order valence-electron chi connectivity index (χ3n) is 5.15. The summed E-state index contributed by atoms with van der Waals surface area (Å²) in [6.07, 6.45) is 6.78. The van der Waals surface area contributed by atoms with Crippen LogP contribution < -0.4 is 14.9 Å². The van der Waals surface area contributed by atoms with Gasteiger partial charge in [-0.15, -0.1) is 0 Å². The summed E-state index contributed by atoms with van der Waals surface area (Å²) in [5.74, 6) is -1.21. The van der Waals surface area contributed by atoms with E-state index in [4.69, 9.17) is 0 Å². The van der Waals surface area contributed by atoms with Crippen molar-refractivity contribution < 1.29 is 18.7 Å². The average Bonchev–Trinajstić information content (AvgIpc) is 3.14. The molecule has 0 saturated carbocycles. The van der Waals surface area contributed by atoms with Crippen LogP contribution in [0.25, 0.3) is 0 Å². The van der Waals surface area contributed by atoms with E-state index >= 15 is 0 Å². The first kappa shape index (κ1) is 21.7. The molecule has 2 atom stereocenters. The molecule has 1 N–H and O–H groups in total. The van der Waals surface area contributed by atoms with E-state index in [2.05, 4.69) is 18.8 Å². The van der Waals surface area contributed by atoms with Crippen molar-refractivity contribution in [2.24, 2.45) is 0 Å². The van der Waals surface area contributed by atoms with Crippen LogP contribution in [-0.4, -0.2) is 42.4 Å². The molecule has 1 aliphatic rings. The first-order valence-corrected chi connectivity index (χ1v) is 9.70. The van der Waals surface area contributed by atoms with Crippen LogP contribution in [0.3, 0.4) is 0 Å². The molecular weight excluding hydrogens is 363 g/mol. The highest BCUT2D eigenvalue weighted by molar-refractivity contribution is 5.99. The van der Waals surface area contributed by atoms with Gasteiger partial charge in [-0.25, -0.2) is 14.0 Å². The lowest BCUT2D eigenvalue weighted by Gasteiger charge is -2.26. The predicted octanol–water partition coefficient (Wildman–Crippen LogP) is 2.09. The van der Waals surface area contributed by atoms with Gasteiger partial charge in [-0.05, 0) is 25.1 Å². The Morgan fingerprint density at radius 1 is 1.54 bits per heavy atom. The molecule has 0 bridgehead atoms. The van der Waals surface area contributed by atoms with E-state index in [1.807, 2.05) is 11.9 Å². The number of imide groups is 1. The molecular formula is C20H29FN4O3. The van der Waals surface area contributed by atoms with Crippen molar-refractivity contribution in [3.8, 4) is 0 Å². The van der Waals surface area contributed by atoms with Crippen molar-refractivity contribution in [2.75, 3.05) is 18.5 Å². The molecule has 0 aromatic carbocycles. The lowest BCUT2D eigenvalue weighted by atomic mass is 10.0. The van der Waals surface area contributed by atoms with Crippen molar-refractivity contribution in [1.82, 2.24) is 10.2 Å². The molecule has 2 rings (SSSR count). The van der Waals surface area contributed by atoms with E-state index in [1.54, 1.807) is 11.1 Å². The van der Waals surface area contributed by atoms with Crippen molar-refractivity contribution in [2.45, 2.75) is 57.5 Å². The van der Waals surface area contributed by atoms with Gasteiger partial charge in [-0.3, -0.25) is 14.9 Å². The number of hydrogen-bond acceptors (Lipinski definition) is 5. The molecule has 2 unspecified atom stereocenters. The molecule has 8 heteroatoms. The molecule has 1 aliphatic heterocycles. The Labute approximate surface area is 165 Å². The van der Waals surface area contributed by atoms with Crippen molar-refractivity contribution in [3.05, 3.63) is 42.1 Å². The van der Waals surface area contributed by atoms with Gasteiger partial charge in [0.05, 0.1) is 6.54 Å². The van der Waals surface area contributed by atoms with Gasteiger partial charge in [-0.1, -0.05) is 26.3 Å². The highest BCUT2D eigenvalue weighted by atomic mass is 19.1. The number of hydrogen-bond donors (Lipinski definition) is 1. The number of carbonyl (C=O) groups is 2. The molecule has 0 radical (unpaired) electrons. The Kier molecular flexibility index (Phi) is 7.78. The molecule has 2 heterocycles. The number of rotatable bonds is 9. The maximum atomic E-state index is 13.2. The first-order valence-electron chi connectivity index (χ1n) is 9.70.